The summed E-state index contributed by atoms with van der Waals surface area (Å²) >= 11 is 9.32. The lowest BCUT2D eigenvalue weighted by Gasteiger charge is -2.23. The number of thioether (sulfide) groups is 1. The fourth-order valence-electron chi connectivity index (χ4n) is 2.16. The Kier molecular flexibility index (Phi) is 3.82. The van der Waals surface area contributed by atoms with Gasteiger partial charge in [-0.05, 0) is 29.1 Å². The fraction of sp³-hybridized carbons (Fsp3) is 0.214. The number of nitrogens with zero attached hydrogens (tertiary/aromatic N) is 1. The quantitative estimate of drug-likeness (QED) is 0.825. The van der Waals surface area contributed by atoms with E-state index < -0.39 is 0 Å². The van der Waals surface area contributed by atoms with E-state index in [-0.39, 0.29) is 11.3 Å². The Morgan fingerprint density at radius 2 is 2.21 bits per heavy atom. The lowest BCUT2D eigenvalue weighted by Crippen LogP contribution is -2.29. The summed E-state index contributed by atoms with van der Waals surface area (Å²) < 4.78 is 0. The first-order valence-electron chi connectivity index (χ1n) is 5.97. The van der Waals surface area contributed by atoms with Gasteiger partial charge in [-0.25, -0.2) is 0 Å². The average molecular weight is 310 g/mol. The van der Waals surface area contributed by atoms with E-state index in [1.54, 1.807) is 11.8 Å². The second-order valence-corrected chi connectivity index (χ2v) is 6.83. The highest BCUT2D eigenvalue weighted by molar-refractivity contribution is 7.99. The molecular weight excluding hydrogens is 298 g/mol. The molecule has 0 N–H and O–H groups in total. The molecule has 0 radical (unpaired) electrons. The number of benzene rings is 1. The Balaban J connectivity index is 1.88. The van der Waals surface area contributed by atoms with Gasteiger partial charge in [0.05, 0.1) is 4.88 Å². The van der Waals surface area contributed by atoms with E-state index in [2.05, 4.69) is 0 Å². The van der Waals surface area contributed by atoms with Crippen molar-refractivity contribution in [1.29, 1.82) is 0 Å². The van der Waals surface area contributed by atoms with Crippen LogP contribution in [-0.4, -0.2) is 23.1 Å². The van der Waals surface area contributed by atoms with Crippen molar-refractivity contribution in [2.75, 3.05) is 12.3 Å². The molecule has 2 nitrogen and oxygen atoms in total. The van der Waals surface area contributed by atoms with Crippen molar-refractivity contribution in [3.05, 3.63) is 57.2 Å². The van der Waals surface area contributed by atoms with Crippen LogP contribution < -0.4 is 0 Å². The average Bonchev–Trinajstić information content (AvgIpc) is 3.09. The van der Waals surface area contributed by atoms with E-state index in [1.165, 1.54) is 11.3 Å². The second-order valence-electron chi connectivity index (χ2n) is 4.25. The molecule has 1 fully saturated rings. The maximum Gasteiger partial charge on any atom is 0.265 e. The van der Waals surface area contributed by atoms with Crippen molar-refractivity contribution in [2.45, 2.75) is 5.37 Å². The van der Waals surface area contributed by atoms with Crippen LogP contribution in [0.1, 0.15) is 20.6 Å². The van der Waals surface area contributed by atoms with E-state index in [0.717, 1.165) is 22.7 Å². The van der Waals surface area contributed by atoms with Gasteiger partial charge in [0.15, 0.2) is 0 Å². The summed E-state index contributed by atoms with van der Waals surface area (Å²) in [6.45, 7) is 0.790. The summed E-state index contributed by atoms with van der Waals surface area (Å²) in [5.74, 6) is 1.08. The molecular formula is C14H12ClNOS2. The minimum Gasteiger partial charge on any atom is -0.321 e. The van der Waals surface area contributed by atoms with Gasteiger partial charge in [0.25, 0.3) is 5.91 Å². The van der Waals surface area contributed by atoms with Crippen LogP contribution in [0, 0.1) is 0 Å². The first-order valence-corrected chi connectivity index (χ1v) is 8.28. The van der Waals surface area contributed by atoms with Gasteiger partial charge in [0.1, 0.15) is 5.37 Å². The van der Waals surface area contributed by atoms with Gasteiger partial charge >= 0.3 is 0 Å². The van der Waals surface area contributed by atoms with E-state index >= 15 is 0 Å². The molecule has 1 aromatic heterocycles. The summed E-state index contributed by atoms with van der Waals surface area (Å²) in [4.78, 5) is 15.2. The lowest BCUT2D eigenvalue weighted by atomic mass is 10.2. The van der Waals surface area contributed by atoms with Crippen LogP contribution in [0.25, 0.3) is 0 Å². The Morgan fingerprint density at radius 1 is 1.32 bits per heavy atom. The summed E-state index contributed by atoms with van der Waals surface area (Å²) in [6.07, 6.45) is 0. The predicted molar refractivity (Wildman–Crippen MR) is 82.0 cm³/mol. The van der Waals surface area contributed by atoms with Crippen LogP contribution in [0.15, 0.2) is 41.8 Å². The van der Waals surface area contributed by atoms with Crippen molar-refractivity contribution in [3.63, 3.8) is 0 Å². The third-order valence-electron chi connectivity index (χ3n) is 3.02. The van der Waals surface area contributed by atoms with Crippen molar-refractivity contribution < 1.29 is 4.79 Å². The molecule has 1 aromatic carbocycles. The SMILES string of the molecule is O=C(c1cccs1)N1CCS[C@H]1c1cccc(Cl)c1. The zero-order chi connectivity index (χ0) is 13.2. The smallest absolute Gasteiger partial charge is 0.265 e. The van der Waals surface area contributed by atoms with Crippen LogP contribution in [0.3, 0.4) is 0 Å². The summed E-state index contributed by atoms with van der Waals surface area (Å²) in [5, 5.41) is 2.73. The number of rotatable bonds is 2. The van der Waals surface area contributed by atoms with Gasteiger partial charge in [0.2, 0.25) is 0 Å². The first-order chi connectivity index (χ1) is 9.25. The standard InChI is InChI=1S/C14H12ClNOS2/c15-11-4-1-3-10(9-11)14-16(6-8-19-14)13(17)12-5-2-7-18-12/h1-5,7,9,14H,6,8H2/t14-/m0/s1. The van der Waals surface area contributed by atoms with Gasteiger partial charge in [0, 0.05) is 17.3 Å². The molecule has 2 heterocycles. The van der Waals surface area contributed by atoms with E-state index in [1.807, 2.05) is 46.7 Å². The molecule has 1 aliphatic heterocycles. The molecule has 0 aliphatic carbocycles. The highest BCUT2D eigenvalue weighted by atomic mass is 35.5. The molecule has 0 unspecified atom stereocenters. The highest BCUT2D eigenvalue weighted by Crippen LogP contribution is 2.39. The second kappa shape index (κ2) is 5.57. The Bertz CT molecular complexity index is 585. The monoisotopic (exact) mass is 309 g/mol. The molecule has 2 aromatic rings. The van der Waals surface area contributed by atoms with Crippen molar-refractivity contribution in [2.24, 2.45) is 0 Å². The Morgan fingerprint density at radius 3 is 2.95 bits per heavy atom. The van der Waals surface area contributed by atoms with Crippen LogP contribution >= 0.6 is 34.7 Å². The number of thiophene rings is 1. The van der Waals surface area contributed by atoms with E-state index in [4.69, 9.17) is 11.6 Å². The maximum absolute atomic E-state index is 12.5. The topological polar surface area (TPSA) is 20.3 Å². The van der Waals surface area contributed by atoms with Gasteiger partial charge in [-0.15, -0.1) is 23.1 Å². The van der Waals surface area contributed by atoms with Crippen LogP contribution in [0.4, 0.5) is 0 Å². The molecule has 19 heavy (non-hydrogen) atoms. The van der Waals surface area contributed by atoms with Gasteiger partial charge in [-0.3, -0.25) is 4.79 Å². The normalized spacial score (nSPS) is 18.8. The van der Waals surface area contributed by atoms with Crippen molar-refractivity contribution >= 4 is 40.6 Å². The summed E-state index contributed by atoms with van der Waals surface area (Å²) in [5.41, 5.74) is 1.10. The largest absolute Gasteiger partial charge is 0.321 e. The number of hydrogen-bond donors (Lipinski definition) is 0. The molecule has 1 amide bonds. The molecule has 5 heteroatoms. The Hall–Kier alpha value is -0.970. The Labute approximate surface area is 125 Å². The number of halogens is 1. The van der Waals surface area contributed by atoms with Gasteiger partial charge < -0.3 is 4.90 Å². The van der Waals surface area contributed by atoms with Gasteiger partial charge in [-0.2, -0.15) is 0 Å². The van der Waals surface area contributed by atoms with Crippen LogP contribution in [0.5, 0.6) is 0 Å². The molecule has 0 saturated carbocycles. The number of hydrogen-bond acceptors (Lipinski definition) is 3. The molecule has 1 saturated heterocycles. The van der Waals surface area contributed by atoms with Crippen LogP contribution in [-0.2, 0) is 0 Å². The number of carbonyl (C=O) groups excluding carboxylic acids is 1. The molecule has 0 spiro atoms. The predicted octanol–water partition coefficient (Wildman–Crippen LogP) is 4.29. The number of amides is 1. The van der Waals surface area contributed by atoms with Crippen LogP contribution in [0.2, 0.25) is 5.02 Å². The number of carbonyl (C=O) groups is 1. The van der Waals surface area contributed by atoms with Crippen molar-refractivity contribution in [3.8, 4) is 0 Å². The summed E-state index contributed by atoms with van der Waals surface area (Å²) in [7, 11) is 0. The molecule has 98 valence electrons. The minimum atomic E-state index is 0.0771. The molecule has 3 rings (SSSR count). The van der Waals surface area contributed by atoms with Crippen molar-refractivity contribution in [1.82, 2.24) is 4.90 Å². The van der Waals surface area contributed by atoms with E-state index in [9.17, 15) is 4.79 Å². The first kappa shape index (κ1) is 13.0. The highest BCUT2D eigenvalue weighted by Gasteiger charge is 2.31. The third kappa shape index (κ3) is 2.66. The fourth-order valence-corrected chi connectivity index (χ4v) is 4.28. The third-order valence-corrected chi connectivity index (χ3v) is 5.37. The molecule has 1 aliphatic rings. The zero-order valence-electron chi connectivity index (χ0n) is 10.1. The van der Waals surface area contributed by atoms with Gasteiger partial charge in [-0.1, -0.05) is 29.8 Å². The lowest BCUT2D eigenvalue weighted by molar-refractivity contribution is 0.0765. The van der Waals surface area contributed by atoms with E-state index in [0.29, 0.717) is 5.02 Å². The molecule has 1 atom stereocenters. The summed E-state index contributed by atoms with van der Waals surface area (Å²) in [6, 6.07) is 11.6. The minimum absolute atomic E-state index is 0.0771. The maximum atomic E-state index is 12.5. The zero-order valence-corrected chi connectivity index (χ0v) is 12.5. The molecule has 0 bridgehead atoms.